The molecule has 3 rings (SSSR count). The third-order valence-corrected chi connectivity index (χ3v) is 3.05. The SMILES string of the molecule is N/N=C1\c2cc(N)ccc2-c2c(N)cccc21. The van der Waals surface area contributed by atoms with Crippen LogP contribution in [-0.2, 0) is 0 Å². The number of benzene rings is 2. The Hall–Kier alpha value is -2.49. The minimum Gasteiger partial charge on any atom is -0.399 e. The summed E-state index contributed by atoms with van der Waals surface area (Å²) < 4.78 is 0. The predicted molar refractivity (Wildman–Crippen MR) is 70.5 cm³/mol. The number of hydrogen-bond donors (Lipinski definition) is 3. The lowest BCUT2D eigenvalue weighted by Gasteiger charge is -2.03. The summed E-state index contributed by atoms with van der Waals surface area (Å²) in [6.45, 7) is 0. The summed E-state index contributed by atoms with van der Waals surface area (Å²) in [4.78, 5) is 0. The van der Waals surface area contributed by atoms with Gasteiger partial charge in [-0.25, -0.2) is 0 Å². The molecule has 17 heavy (non-hydrogen) atoms. The van der Waals surface area contributed by atoms with Crippen LogP contribution in [0.25, 0.3) is 11.1 Å². The van der Waals surface area contributed by atoms with Gasteiger partial charge in [0.05, 0.1) is 5.71 Å². The first-order valence-corrected chi connectivity index (χ1v) is 5.29. The van der Waals surface area contributed by atoms with E-state index < -0.39 is 0 Å². The molecule has 0 aliphatic heterocycles. The van der Waals surface area contributed by atoms with Crippen LogP contribution in [0.15, 0.2) is 41.5 Å². The Labute approximate surface area is 98.7 Å². The van der Waals surface area contributed by atoms with E-state index >= 15 is 0 Å². The van der Waals surface area contributed by atoms with E-state index in [9.17, 15) is 0 Å². The second-order valence-electron chi connectivity index (χ2n) is 4.05. The highest BCUT2D eigenvalue weighted by Gasteiger charge is 2.26. The van der Waals surface area contributed by atoms with Crippen molar-refractivity contribution in [3.05, 3.63) is 47.5 Å². The third kappa shape index (κ3) is 1.21. The normalized spacial score (nSPS) is 14.7. The minimum absolute atomic E-state index is 0.691. The van der Waals surface area contributed by atoms with Crippen LogP contribution >= 0.6 is 0 Å². The first kappa shape index (κ1) is 9.72. The topological polar surface area (TPSA) is 90.4 Å². The van der Waals surface area contributed by atoms with Crippen LogP contribution in [0.2, 0.25) is 0 Å². The number of nitrogens with two attached hydrogens (primary N) is 3. The summed E-state index contributed by atoms with van der Waals surface area (Å²) in [7, 11) is 0. The van der Waals surface area contributed by atoms with Gasteiger partial charge in [0.15, 0.2) is 0 Å². The molecule has 0 radical (unpaired) electrons. The molecule has 0 aromatic heterocycles. The van der Waals surface area contributed by atoms with Crippen molar-refractivity contribution in [1.29, 1.82) is 0 Å². The molecule has 1 aliphatic rings. The second-order valence-corrected chi connectivity index (χ2v) is 4.05. The Morgan fingerprint density at radius 1 is 0.882 bits per heavy atom. The van der Waals surface area contributed by atoms with Crippen LogP contribution in [0.4, 0.5) is 11.4 Å². The molecule has 2 aromatic rings. The van der Waals surface area contributed by atoms with Gasteiger partial charge in [0.25, 0.3) is 0 Å². The maximum absolute atomic E-state index is 6.01. The average molecular weight is 224 g/mol. The van der Waals surface area contributed by atoms with Gasteiger partial charge in [-0.05, 0) is 23.8 Å². The van der Waals surface area contributed by atoms with Crippen LogP contribution in [0, 0.1) is 0 Å². The van der Waals surface area contributed by atoms with Gasteiger partial charge in [-0.15, -0.1) is 0 Å². The van der Waals surface area contributed by atoms with E-state index in [2.05, 4.69) is 5.10 Å². The maximum Gasteiger partial charge on any atom is 0.0985 e. The standard InChI is InChI=1S/C13H12N4/c14-7-4-5-8-10(6-7)13(17-16)9-2-1-3-11(15)12(8)9/h1-6H,14-16H2/b17-13-. The van der Waals surface area contributed by atoms with Crippen molar-refractivity contribution in [3.63, 3.8) is 0 Å². The van der Waals surface area contributed by atoms with Crippen LogP contribution in [0.1, 0.15) is 11.1 Å². The van der Waals surface area contributed by atoms with Crippen LogP contribution in [0.5, 0.6) is 0 Å². The Kier molecular flexibility index (Phi) is 1.86. The third-order valence-electron chi connectivity index (χ3n) is 3.05. The summed E-state index contributed by atoms with van der Waals surface area (Å²) in [6, 6.07) is 11.4. The highest BCUT2D eigenvalue weighted by Crippen LogP contribution is 2.41. The van der Waals surface area contributed by atoms with E-state index in [1.165, 1.54) is 0 Å². The quantitative estimate of drug-likeness (QED) is 0.307. The molecule has 6 N–H and O–H groups in total. The van der Waals surface area contributed by atoms with Gasteiger partial charge in [0, 0.05) is 28.1 Å². The van der Waals surface area contributed by atoms with Gasteiger partial charge >= 0.3 is 0 Å². The monoisotopic (exact) mass is 224 g/mol. The maximum atomic E-state index is 6.01. The molecule has 0 spiro atoms. The molecule has 0 amide bonds. The van der Waals surface area contributed by atoms with Crippen molar-refractivity contribution in [2.24, 2.45) is 10.9 Å². The van der Waals surface area contributed by atoms with E-state index in [4.69, 9.17) is 17.3 Å². The first-order valence-electron chi connectivity index (χ1n) is 5.29. The van der Waals surface area contributed by atoms with Crippen LogP contribution < -0.4 is 17.3 Å². The molecular weight excluding hydrogens is 212 g/mol. The van der Waals surface area contributed by atoms with Crippen molar-refractivity contribution >= 4 is 17.1 Å². The van der Waals surface area contributed by atoms with E-state index in [1.807, 2.05) is 36.4 Å². The van der Waals surface area contributed by atoms with Gasteiger partial charge in [-0.2, -0.15) is 5.10 Å². The molecule has 4 nitrogen and oxygen atoms in total. The van der Waals surface area contributed by atoms with E-state index in [-0.39, 0.29) is 0 Å². The molecule has 0 saturated heterocycles. The van der Waals surface area contributed by atoms with Gasteiger partial charge in [0.1, 0.15) is 0 Å². The molecule has 0 atom stereocenters. The lowest BCUT2D eigenvalue weighted by molar-refractivity contribution is 1.25. The van der Waals surface area contributed by atoms with E-state index in [0.717, 1.165) is 33.7 Å². The summed E-state index contributed by atoms with van der Waals surface area (Å²) in [6.07, 6.45) is 0. The smallest absolute Gasteiger partial charge is 0.0985 e. The van der Waals surface area contributed by atoms with Crippen molar-refractivity contribution in [1.82, 2.24) is 0 Å². The summed E-state index contributed by atoms with van der Waals surface area (Å²) in [5, 5.41) is 3.86. The number of hydrogen-bond acceptors (Lipinski definition) is 4. The molecule has 4 heteroatoms. The minimum atomic E-state index is 0.691. The number of nitrogens with zero attached hydrogens (tertiary/aromatic N) is 1. The van der Waals surface area contributed by atoms with Crippen molar-refractivity contribution in [3.8, 4) is 11.1 Å². The van der Waals surface area contributed by atoms with Crippen LogP contribution in [0.3, 0.4) is 0 Å². The van der Waals surface area contributed by atoms with E-state index in [0.29, 0.717) is 5.69 Å². The number of anilines is 2. The number of hydrazone groups is 1. The molecule has 0 heterocycles. The van der Waals surface area contributed by atoms with Gasteiger partial charge < -0.3 is 17.3 Å². The van der Waals surface area contributed by atoms with Gasteiger partial charge in [0.2, 0.25) is 0 Å². The number of rotatable bonds is 0. The zero-order valence-electron chi connectivity index (χ0n) is 9.14. The fourth-order valence-corrected chi connectivity index (χ4v) is 2.33. The van der Waals surface area contributed by atoms with Gasteiger partial charge in [-0.1, -0.05) is 18.2 Å². The van der Waals surface area contributed by atoms with Crippen LogP contribution in [-0.4, -0.2) is 5.71 Å². The Morgan fingerprint density at radius 3 is 2.47 bits per heavy atom. The molecule has 84 valence electrons. The van der Waals surface area contributed by atoms with Gasteiger partial charge in [-0.3, -0.25) is 0 Å². The summed E-state index contributed by atoms with van der Waals surface area (Å²) in [5.41, 5.74) is 17.9. The molecule has 0 saturated carbocycles. The first-order chi connectivity index (χ1) is 8.22. The molecule has 2 aromatic carbocycles. The second kappa shape index (κ2) is 3.25. The van der Waals surface area contributed by atoms with Crippen molar-refractivity contribution in [2.45, 2.75) is 0 Å². The lowest BCUT2D eigenvalue weighted by Crippen LogP contribution is -2.02. The van der Waals surface area contributed by atoms with Crippen molar-refractivity contribution < 1.29 is 0 Å². The zero-order chi connectivity index (χ0) is 12.0. The number of nitrogen functional groups attached to an aromatic ring is 2. The fourth-order valence-electron chi connectivity index (χ4n) is 2.33. The molecule has 0 bridgehead atoms. The summed E-state index contributed by atoms with van der Waals surface area (Å²) in [5.74, 6) is 5.47. The Balaban J connectivity index is 2.42. The Morgan fingerprint density at radius 2 is 1.71 bits per heavy atom. The number of fused-ring (bicyclic) bond motifs is 3. The lowest BCUT2D eigenvalue weighted by atomic mass is 10.0. The highest BCUT2D eigenvalue weighted by atomic mass is 15.1. The zero-order valence-corrected chi connectivity index (χ0v) is 9.14. The largest absolute Gasteiger partial charge is 0.399 e. The molecule has 1 aliphatic carbocycles. The van der Waals surface area contributed by atoms with E-state index in [1.54, 1.807) is 0 Å². The molecular formula is C13H12N4. The van der Waals surface area contributed by atoms with Crippen molar-refractivity contribution in [2.75, 3.05) is 11.5 Å². The molecule has 0 fully saturated rings. The predicted octanol–water partition coefficient (Wildman–Crippen LogP) is 1.54. The fraction of sp³-hybridized carbons (Fsp3) is 0. The summed E-state index contributed by atoms with van der Waals surface area (Å²) >= 11 is 0. The highest BCUT2D eigenvalue weighted by molar-refractivity contribution is 6.26. The average Bonchev–Trinajstić information content (AvgIpc) is 2.63. The molecule has 0 unspecified atom stereocenters. The Bertz CT molecular complexity index is 644.